The quantitative estimate of drug-likeness (QED) is 0.0300. The van der Waals surface area contributed by atoms with Gasteiger partial charge in [-0.05, 0) is 219 Å². The number of aryl methyl sites for hydroxylation is 3. The van der Waals surface area contributed by atoms with Crippen LogP contribution in [0.2, 0.25) is 20.1 Å². The molecule has 4 N–H and O–H groups in total. The van der Waals surface area contributed by atoms with E-state index in [-0.39, 0.29) is 21.9 Å². The van der Waals surface area contributed by atoms with Crippen LogP contribution >= 0.6 is 58.6 Å². The molecule has 0 saturated carbocycles. The van der Waals surface area contributed by atoms with Crippen LogP contribution in [0.5, 0.6) is 17.2 Å². The lowest BCUT2D eigenvalue weighted by Crippen LogP contribution is -2.38. The highest BCUT2D eigenvalue weighted by Gasteiger charge is 2.25. The Labute approximate surface area is 823 Å². The fourth-order valence-corrected chi connectivity index (χ4v) is 15.8. The van der Waals surface area contributed by atoms with Crippen LogP contribution in [-0.4, -0.2) is 108 Å². The molecule has 136 heavy (non-hydrogen) atoms. The smallest absolute Gasteiger partial charge is 0.339 e. The van der Waals surface area contributed by atoms with Crippen molar-refractivity contribution in [2.75, 3.05) is 65.5 Å². The summed E-state index contributed by atoms with van der Waals surface area (Å²) in [5.41, 5.74) is 24.9. The number of aromatic nitrogens is 4. The van der Waals surface area contributed by atoms with Gasteiger partial charge >= 0.3 is 5.97 Å². The molecule has 3 aromatic heterocycles. The summed E-state index contributed by atoms with van der Waals surface area (Å²) in [5.74, 6) is 5.03. The van der Waals surface area contributed by atoms with Crippen LogP contribution in [0.15, 0.2) is 398 Å². The van der Waals surface area contributed by atoms with Gasteiger partial charge in [0, 0.05) is 106 Å². The van der Waals surface area contributed by atoms with Crippen LogP contribution in [0.3, 0.4) is 0 Å². The first kappa shape index (κ1) is 105. The number of nitrogen functional groups attached to an aromatic ring is 1. The van der Waals surface area contributed by atoms with Gasteiger partial charge in [-0.1, -0.05) is 258 Å². The van der Waals surface area contributed by atoms with Crippen molar-refractivity contribution < 1.29 is 36.9 Å². The maximum atomic E-state index is 12.1. The molecule has 5 heterocycles. The maximum absolute atomic E-state index is 12.1. The summed E-state index contributed by atoms with van der Waals surface area (Å²) in [5, 5.41) is 33.5. The zero-order valence-corrected chi connectivity index (χ0v) is 80.6. The lowest BCUT2D eigenvalue weighted by molar-refractivity contribution is 0.0266. The second kappa shape index (κ2) is 57.3. The predicted octanol–water partition coefficient (Wildman–Crippen LogP) is 25.2. The van der Waals surface area contributed by atoms with E-state index in [0.717, 1.165) is 136 Å². The Morgan fingerprint density at radius 3 is 1.58 bits per heavy atom. The van der Waals surface area contributed by atoms with Crippen molar-refractivity contribution in [3.63, 3.8) is 0 Å². The van der Waals surface area contributed by atoms with Crippen LogP contribution in [0.25, 0.3) is 17.1 Å². The lowest BCUT2D eigenvalue weighted by atomic mass is 10.1. The number of esters is 1. The number of hydrogen-bond donors (Lipinski definition) is 2. The van der Waals surface area contributed by atoms with E-state index in [1.54, 1.807) is 89.8 Å². The highest BCUT2D eigenvalue weighted by molar-refractivity contribution is 7.95. The zero-order valence-electron chi connectivity index (χ0n) is 76.0. The molecule has 15 aromatic rings. The second-order valence-electron chi connectivity index (χ2n) is 30.1. The van der Waals surface area contributed by atoms with Crippen molar-refractivity contribution in [2.24, 2.45) is 5.73 Å². The second-order valence-corrected chi connectivity index (χ2v) is 34.3. The van der Waals surface area contributed by atoms with Gasteiger partial charge < -0.3 is 44.3 Å². The van der Waals surface area contributed by atoms with Gasteiger partial charge in [0.05, 0.1) is 88.5 Å². The van der Waals surface area contributed by atoms with Gasteiger partial charge in [0.15, 0.2) is 0 Å². The summed E-state index contributed by atoms with van der Waals surface area (Å²) in [7, 11) is -2.10. The van der Waals surface area contributed by atoms with E-state index in [4.69, 9.17) is 106 Å². The van der Waals surface area contributed by atoms with Gasteiger partial charge in [-0.3, -0.25) is 9.80 Å². The largest absolute Gasteiger partial charge is 0.489 e. The number of para-hydroxylation sites is 3. The molecule has 2 aliphatic heterocycles. The van der Waals surface area contributed by atoms with Crippen molar-refractivity contribution in [3.05, 3.63) is 469 Å². The first-order chi connectivity index (χ1) is 66.0. The average Bonchev–Trinajstić information content (AvgIpc) is 1.59. The summed E-state index contributed by atoms with van der Waals surface area (Å²) in [6.45, 7) is 15.0. The zero-order chi connectivity index (χ0) is 97.2. The Morgan fingerprint density at radius 1 is 0.522 bits per heavy atom. The van der Waals surface area contributed by atoms with Crippen molar-refractivity contribution in [1.29, 1.82) is 15.8 Å². The molecule has 2 saturated heterocycles. The van der Waals surface area contributed by atoms with Crippen molar-refractivity contribution in [1.82, 2.24) is 28.7 Å². The number of hydrogen-bond acceptors (Lipinski definition) is 17. The number of thiocarbonyl (C=S) groups is 1. The molecule has 1 aliphatic carbocycles. The Kier molecular flexibility index (Phi) is 44.3. The van der Waals surface area contributed by atoms with E-state index < -0.39 is 15.8 Å². The van der Waals surface area contributed by atoms with Gasteiger partial charge in [0.25, 0.3) is 0 Å². The molecule has 0 amide bonds. The van der Waals surface area contributed by atoms with E-state index >= 15 is 0 Å². The highest BCUT2D eigenvalue weighted by atomic mass is 35.5. The molecule has 0 radical (unpaired) electrons. The summed E-state index contributed by atoms with van der Waals surface area (Å²) >= 11 is 28.0. The summed E-state index contributed by atoms with van der Waals surface area (Å²) in [6, 6.07) is 111. The van der Waals surface area contributed by atoms with Crippen LogP contribution in [0.1, 0.15) is 85.9 Å². The van der Waals surface area contributed by atoms with Crippen molar-refractivity contribution >= 4 is 85.0 Å². The molecule has 2 unspecified atom stereocenters. The first-order valence-electron chi connectivity index (χ1n) is 43.2. The van der Waals surface area contributed by atoms with Crippen molar-refractivity contribution in [2.45, 2.75) is 57.7 Å². The average molecular weight is 1930 g/mol. The number of benzene rings is 12. The van der Waals surface area contributed by atoms with E-state index in [9.17, 15) is 18.5 Å². The maximum Gasteiger partial charge on any atom is 0.339 e. The summed E-state index contributed by atoms with van der Waals surface area (Å²) in [6.07, 6.45) is 20.9. The minimum Gasteiger partial charge on any atom is -0.489 e. The molecule has 692 valence electrons. The number of halogens is 4. The van der Waals surface area contributed by atoms with E-state index in [2.05, 4.69) is 67.4 Å². The molecule has 18 rings (SSSR count). The molecule has 12 aromatic carbocycles. The predicted molar refractivity (Wildman–Crippen MR) is 551 cm³/mol. The third-order valence-electron chi connectivity index (χ3n) is 20.2. The fourth-order valence-electron chi connectivity index (χ4n) is 13.3. The third kappa shape index (κ3) is 34.9. The third-order valence-corrected chi connectivity index (χ3v) is 23.4. The SMILES string of the molecule is C#CC(c1ccc(Cl)cc1)N1CCOCC1.CC(=S)c1cccc(-n2cccc2)c1.COC(=O)c1ccccc1Cl.Cc1cc(Cl)cc(Cl)c1.Cc1ccc(N)cc1OCc1ccccc1.Cc1ccc(Oc2ccccc2)cc1.N#CC(c1ccccc1)N1CCOCC1.N#Cc1ccccc1-n1cccc1.N#Cc1ccccc1-n1cccn1.NC1=CCC=C1S(=O)(=O)c1ccccc1. The topological polar surface area (TPSA) is 255 Å². The highest BCUT2D eigenvalue weighted by Crippen LogP contribution is 2.30. The van der Waals surface area contributed by atoms with Crippen molar-refractivity contribution in [3.8, 4) is 64.9 Å². The molecular formula is C111H105Cl4N11O8S2. The van der Waals surface area contributed by atoms with Gasteiger partial charge in [-0.15, -0.1) is 6.42 Å². The molecule has 0 spiro atoms. The Balaban J connectivity index is 0.000000170. The van der Waals surface area contributed by atoms with Crippen LogP contribution in [0, 0.1) is 67.1 Å². The molecule has 3 aliphatic rings. The van der Waals surface area contributed by atoms with Gasteiger partial charge in [-0.2, -0.15) is 20.9 Å². The number of ether oxygens (including phenoxy) is 5. The lowest BCUT2D eigenvalue weighted by Gasteiger charge is -2.31. The van der Waals surface area contributed by atoms with Crippen LogP contribution < -0.4 is 20.9 Å². The number of nitrogens with two attached hydrogens (primary N) is 2. The molecule has 25 heteroatoms. The molecule has 2 fully saturated rings. The standard InChI is InChI=1S/C14H15NO.C13H14ClNO.C13H12O.C12H14N2O.C12H11NS.C11H8N2.C11H11NO2S.C10H7N3.C8H7ClO2.C7H6Cl2/c1-11-7-8-13(15)9-14(11)16-10-12-5-3-2-4-6-12;1-2-13(15-7-9-16-10-8-15)11-3-5-12(14)6-4-11;1-11-7-9-13(10-8-11)14-12-5-3-2-4-6-12;13-10-12(11-4-2-1-3-5-11)14-6-8-15-9-7-14;1-10(14)11-5-4-6-12(9-11)13-7-2-3-8-13;12-9-10-5-1-2-6-11(10)13-7-3-4-8-13;12-10-7-4-8-11(10)15(13,14)9-5-2-1-3-6-9;11-8-9-4-1-2-5-10(9)13-7-3-6-12-13;1-11-8(10)6-4-2-3-5-7(6)9;1-5-2-6(8)4-7(9)3-5/h2-9H,10,15H2,1H3;1,3-6,13H,7-10H2;2-10H,1H3;1-5,12H,6-9H2;2-9H,1H3;1-8H;1-3,5-8H,4,12H2;1-7H;2-5H,1H3;2-4H,1H3. The number of morpholine rings is 2. The van der Waals surface area contributed by atoms with E-state index in [1.165, 1.54) is 12.7 Å². The molecular weight excluding hydrogens is 1820 g/mol. The normalized spacial score (nSPS) is 12.6. The number of rotatable bonds is 16. The van der Waals surface area contributed by atoms with Crippen LogP contribution in [-0.2, 0) is 30.7 Å². The summed E-state index contributed by atoms with van der Waals surface area (Å²) < 4.78 is 56.2. The number of anilines is 1. The Bertz CT molecular complexity index is 6410. The van der Waals surface area contributed by atoms with E-state index in [0.29, 0.717) is 50.5 Å². The minimum absolute atomic E-state index is 0.0289. The minimum atomic E-state index is -3.42. The first-order valence-corrected chi connectivity index (χ1v) is 46.6. The van der Waals surface area contributed by atoms with Crippen LogP contribution in [0.4, 0.5) is 5.69 Å². The number of nitriles is 3. The Morgan fingerprint density at radius 2 is 1.04 bits per heavy atom. The number of methoxy groups -OCH3 is 1. The Hall–Kier alpha value is -14.4. The van der Waals surface area contributed by atoms with Gasteiger partial charge in [0.1, 0.15) is 42.0 Å². The fraction of sp³-hybridized carbons (Fsp3) is 0.153. The number of carbonyl (C=O) groups excluding carboxylic acids is 1. The number of carbonyl (C=O) groups is 1. The number of sulfone groups is 1. The number of allylic oxidation sites excluding steroid dienone is 2. The van der Waals surface area contributed by atoms with E-state index in [1.807, 2.05) is 311 Å². The molecule has 2 atom stereocenters. The van der Waals surface area contributed by atoms with Gasteiger partial charge in [-0.25, -0.2) is 17.9 Å². The molecule has 19 nitrogen and oxygen atoms in total. The summed E-state index contributed by atoms with van der Waals surface area (Å²) in [4.78, 5) is 16.8. The van der Waals surface area contributed by atoms with Gasteiger partial charge in [0.2, 0.25) is 9.84 Å². The monoisotopic (exact) mass is 1920 g/mol. The number of terminal acetylenes is 1. The molecule has 0 bridgehead atoms. The number of nitrogens with zero attached hydrogens (tertiary/aromatic N) is 9.